The molecule has 0 aromatic heterocycles. The molecule has 0 aromatic rings. The molecular formula is C5H10KS3. The van der Waals surface area contributed by atoms with Gasteiger partial charge in [0.25, 0.3) is 0 Å². The van der Waals surface area contributed by atoms with Crippen molar-refractivity contribution in [2.75, 3.05) is 0 Å². The van der Waals surface area contributed by atoms with Crippen molar-refractivity contribution >= 4 is 91.5 Å². The monoisotopic (exact) mass is 205 g/mol. The fraction of sp³-hybridized carbons (Fsp3) is 0.800. The molecule has 0 nitrogen and oxygen atoms in total. The molecule has 0 aliphatic heterocycles. The first-order chi connectivity index (χ1) is 3.42. The third-order valence-corrected chi connectivity index (χ3v) is 1.70. The number of thiocarbonyl (C=S) groups is 1. The summed E-state index contributed by atoms with van der Waals surface area (Å²) in [6.07, 6.45) is 0. The molecule has 0 aliphatic rings. The summed E-state index contributed by atoms with van der Waals surface area (Å²) in [6.45, 7) is 6.33. The minimum atomic E-state index is 0. The summed E-state index contributed by atoms with van der Waals surface area (Å²) in [5.74, 6) is 0. The average Bonchev–Trinajstić information content (AvgIpc) is 1.21. The molecule has 0 heterocycles. The Morgan fingerprint density at radius 1 is 1.44 bits per heavy atom. The molecule has 9 heavy (non-hydrogen) atoms. The number of hydrogen-bond acceptors (Lipinski definition) is 2. The van der Waals surface area contributed by atoms with Crippen molar-refractivity contribution in [3.05, 3.63) is 0 Å². The zero-order chi connectivity index (χ0) is 6.78. The molecule has 0 fully saturated rings. The van der Waals surface area contributed by atoms with Crippen LogP contribution < -0.4 is 0 Å². The van der Waals surface area contributed by atoms with Crippen molar-refractivity contribution in [3.63, 3.8) is 0 Å². The second-order valence-corrected chi connectivity index (χ2v) is 6.04. The fourth-order valence-electron chi connectivity index (χ4n) is 0.262. The van der Waals surface area contributed by atoms with E-state index in [-0.39, 0.29) is 56.1 Å². The van der Waals surface area contributed by atoms with Gasteiger partial charge < -0.3 is 0 Å². The van der Waals surface area contributed by atoms with Crippen LogP contribution in [0.3, 0.4) is 0 Å². The predicted octanol–water partition coefficient (Wildman–Crippen LogP) is 2.35. The Balaban J connectivity index is 0. The van der Waals surface area contributed by atoms with Gasteiger partial charge in [0, 0.05) is 56.1 Å². The van der Waals surface area contributed by atoms with Crippen LogP contribution in [0.2, 0.25) is 0 Å². The molecule has 0 bridgehead atoms. The molecule has 0 N–H and O–H groups in total. The van der Waals surface area contributed by atoms with Gasteiger partial charge >= 0.3 is 0 Å². The van der Waals surface area contributed by atoms with Gasteiger partial charge in [-0.15, -0.1) is 24.4 Å². The Bertz CT molecular complexity index is 94.9. The van der Waals surface area contributed by atoms with Crippen molar-refractivity contribution in [2.45, 2.75) is 25.5 Å². The largest absolute Gasteiger partial charge is 0.125 e. The standard InChI is InChI=1S/C5H10S3.K/c1-5(2,3)8-4(6)7;/h1-3H3,(H,6,7);. The van der Waals surface area contributed by atoms with Gasteiger partial charge in [-0.05, 0) is 0 Å². The van der Waals surface area contributed by atoms with Crippen molar-refractivity contribution in [1.82, 2.24) is 0 Å². The minimum absolute atomic E-state index is 0. The summed E-state index contributed by atoms with van der Waals surface area (Å²) >= 11 is 10.4. The molecule has 0 amide bonds. The minimum Gasteiger partial charge on any atom is -0.125 e. The Kier molecular flexibility index (Phi) is 9.32. The maximum atomic E-state index is 4.77. The Labute approximate surface area is 115 Å². The SMILES string of the molecule is CC(C)(C)SC(=S)S.[K]. The molecule has 4 heteroatoms. The molecule has 0 rings (SSSR count). The molecule has 0 aromatic carbocycles. The van der Waals surface area contributed by atoms with Gasteiger partial charge in [0.05, 0.1) is 0 Å². The van der Waals surface area contributed by atoms with E-state index in [0.29, 0.717) is 0 Å². The van der Waals surface area contributed by atoms with Crippen LogP contribution >= 0.6 is 36.6 Å². The molecular weight excluding hydrogens is 195 g/mol. The third-order valence-electron chi connectivity index (χ3n) is 0.393. The van der Waals surface area contributed by atoms with E-state index >= 15 is 0 Å². The number of rotatable bonds is 0. The Morgan fingerprint density at radius 3 is 1.78 bits per heavy atom. The van der Waals surface area contributed by atoms with Crippen molar-refractivity contribution in [1.29, 1.82) is 0 Å². The molecule has 0 atom stereocenters. The van der Waals surface area contributed by atoms with E-state index in [9.17, 15) is 0 Å². The van der Waals surface area contributed by atoms with Gasteiger partial charge in [-0.2, -0.15) is 0 Å². The van der Waals surface area contributed by atoms with Crippen LogP contribution in [-0.4, -0.2) is 59.7 Å². The number of thiol groups is 1. The van der Waals surface area contributed by atoms with Crippen LogP contribution in [0, 0.1) is 0 Å². The zero-order valence-corrected chi connectivity index (χ0v) is 11.9. The maximum absolute atomic E-state index is 4.77. The van der Waals surface area contributed by atoms with E-state index in [1.54, 1.807) is 11.8 Å². The molecule has 0 unspecified atom stereocenters. The number of thioether (sulfide) groups is 1. The summed E-state index contributed by atoms with van der Waals surface area (Å²) in [4.78, 5) is 0. The van der Waals surface area contributed by atoms with Crippen LogP contribution in [0.4, 0.5) is 0 Å². The molecule has 0 aliphatic carbocycles. The quantitative estimate of drug-likeness (QED) is 0.366. The summed E-state index contributed by atoms with van der Waals surface area (Å²) in [6, 6.07) is 0. The van der Waals surface area contributed by atoms with E-state index in [1.807, 2.05) is 0 Å². The number of hydrogen-bond donors (Lipinski definition) is 1. The summed E-state index contributed by atoms with van der Waals surface area (Å²) in [7, 11) is 0. The van der Waals surface area contributed by atoms with E-state index in [0.717, 1.165) is 3.53 Å². The Hall–Kier alpha value is 2.43. The van der Waals surface area contributed by atoms with E-state index in [2.05, 4.69) is 33.4 Å². The topological polar surface area (TPSA) is 0 Å². The van der Waals surface area contributed by atoms with E-state index < -0.39 is 0 Å². The molecule has 0 spiro atoms. The van der Waals surface area contributed by atoms with E-state index in [4.69, 9.17) is 12.2 Å². The average molecular weight is 205 g/mol. The molecule has 1 radical (unpaired) electrons. The second-order valence-electron chi connectivity index (χ2n) is 2.48. The smallest absolute Gasteiger partial charge is 0.101 e. The Morgan fingerprint density at radius 2 is 1.78 bits per heavy atom. The van der Waals surface area contributed by atoms with Gasteiger partial charge in [-0.1, -0.05) is 33.0 Å². The van der Waals surface area contributed by atoms with Crippen LogP contribution in [0.5, 0.6) is 0 Å². The van der Waals surface area contributed by atoms with E-state index in [1.165, 1.54) is 0 Å². The summed E-state index contributed by atoms with van der Waals surface area (Å²) in [5, 5.41) is 0. The third kappa shape index (κ3) is 13.4. The molecule has 49 valence electrons. The maximum Gasteiger partial charge on any atom is 0.101 e. The predicted molar refractivity (Wildman–Crippen MR) is 54.7 cm³/mol. The van der Waals surface area contributed by atoms with Crippen molar-refractivity contribution in [3.8, 4) is 0 Å². The first-order valence-corrected chi connectivity index (χ1v) is 4.01. The van der Waals surface area contributed by atoms with Crippen LogP contribution in [0.1, 0.15) is 20.8 Å². The first kappa shape index (κ1) is 14.0. The molecule has 0 saturated heterocycles. The van der Waals surface area contributed by atoms with Gasteiger partial charge in [0.15, 0.2) is 0 Å². The van der Waals surface area contributed by atoms with Gasteiger partial charge in [-0.25, -0.2) is 0 Å². The van der Waals surface area contributed by atoms with Gasteiger partial charge in [-0.3, -0.25) is 0 Å². The van der Waals surface area contributed by atoms with Crippen LogP contribution in [0.25, 0.3) is 0 Å². The van der Waals surface area contributed by atoms with Gasteiger partial charge in [0.1, 0.15) is 3.53 Å². The molecule has 0 saturated carbocycles. The first-order valence-electron chi connectivity index (χ1n) is 2.34. The summed E-state index contributed by atoms with van der Waals surface area (Å²) < 4.78 is 0.941. The summed E-state index contributed by atoms with van der Waals surface area (Å²) in [5.41, 5.74) is 0. The fourth-order valence-corrected chi connectivity index (χ4v) is 2.36. The van der Waals surface area contributed by atoms with Crippen molar-refractivity contribution < 1.29 is 0 Å². The van der Waals surface area contributed by atoms with Crippen molar-refractivity contribution in [2.24, 2.45) is 0 Å². The van der Waals surface area contributed by atoms with Crippen LogP contribution in [-0.2, 0) is 0 Å². The normalized spacial score (nSPS) is 10.2. The van der Waals surface area contributed by atoms with Crippen LogP contribution in [0.15, 0.2) is 0 Å². The second kappa shape index (κ2) is 6.00. The zero-order valence-electron chi connectivity index (χ0n) is 6.26. The van der Waals surface area contributed by atoms with Gasteiger partial charge in [0.2, 0.25) is 0 Å².